The first-order valence-electron chi connectivity index (χ1n) is 9.93. The lowest BCUT2D eigenvalue weighted by Gasteiger charge is -2.30. The van der Waals surface area contributed by atoms with E-state index in [1.807, 2.05) is 24.3 Å². The highest BCUT2D eigenvalue weighted by atomic mass is 79.9. The fourth-order valence-corrected chi connectivity index (χ4v) is 4.47. The number of piperidine rings is 1. The molecule has 1 fully saturated rings. The van der Waals surface area contributed by atoms with Crippen LogP contribution in [0, 0.1) is 10.7 Å². The number of rotatable bonds is 4. The Hall–Kier alpha value is -2.78. The first kappa shape index (κ1) is 21.5. The van der Waals surface area contributed by atoms with Crippen molar-refractivity contribution >= 4 is 50.9 Å². The number of likely N-dealkylation sites (tertiary alicyclic amines) is 1. The molecule has 0 unspecified atom stereocenters. The molecule has 3 aromatic rings. The molecule has 31 heavy (non-hydrogen) atoms. The molecule has 0 spiro atoms. The fourth-order valence-electron chi connectivity index (χ4n) is 3.85. The van der Waals surface area contributed by atoms with Gasteiger partial charge >= 0.3 is 0 Å². The summed E-state index contributed by atoms with van der Waals surface area (Å²) in [6, 6.07) is 12.6. The van der Waals surface area contributed by atoms with Crippen molar-refractivity contribution in [2.75, 3.05) is 13.1 Å². The van der Waals surface area contributed by atoms with Gasteiger partial charge in [-0.3, -0.25) is 19.0 Å². The molecule has 0 radical (unpaired) electrons. The van der Waals surface area contributed by atoms with Crippen LogP contribution in [0.1, 0.15) is 28.8 Å². The lowest BCUT2D eigenvalue weighted by molar-refractivity contribution is -0.123. The summed E-state index contributed by atoms with van der Waals surface area (Å²) in [5.41, 5.74) is 7.31. The summed E-state index contributed by atoms with van der Waals surface area (Å²) < 4.78 is 2.67. The van der Waals surface area contributed by atoms with Crippen LogP contribution in [-0.2, 0) is 11.3 Å². The zero-order chi connectivity index (χ0) is 22.1. The Labute approximate surface area is 192 Å². The summed E-state index contributed by atoms with van der Waals surface area (Å²) in [5.74, 6) is -0.526. The van der Waals surface area contributed by atoms with Crippen molar-refractivity contribution in [3.8, 4) is 0 Å². The van der Waals surface area contributed by atoms with E-state index in [1.165, 1.54) is 4.57 Å². The normalized spacial score (nSPS) is 14.7. The van der Waals surface area contributed by atoms with Crippen LogP contribution >= 0.6 is 28.1 Å². The minimum Gasteiger partial charge on any atom is -0.369 e. The number of carbonyl (C=O) groups is 2. The van der Waals surface area contributed by atoms with Crippen molar-refractivity contribution in [1.82, 2.24) is 14.5 Å². The Kier molecular flexibility index (Phi) is 6.06. The number of primary amides is 1. The van der Waals surface area contributed by atoms with Crippen molar-refractivity contribution in [2.45, 2.75) is 19.4 Å². The second-order valence-corrected chi connectivity index (χ2v) is 8.98. The Morgan fingerprint density at radius 2 is 1.81 bits per heavy atom. The molecular formula is C22H21BrN4O3S. The lowest BCUT2D eigenvalue weighted by Crippen LogP contribution is -2.41. The van der Waals surface area contributed by atoms with Crippen molar-refractivity contribution in [1.29, 1.82) is 0 Å². The van der Waals surface area contributed by atoms with Crippen LogP contribution in [0.25, 0.3) is 10.9 Å². The molecule has 7 nitrogen and oxygen atoms in total. The predicted octanol–water partition coefficient (Wildman–Crippen LogP) is 3.21. The molecule has 0 aliphatic carbocycles. The molecule has 3 N–H and O–H groups in total. The summed E-state index contributed by atoms with van der Waals surface area (Å²) in [4.78, 5) is 41.8. The molecule has 160 valence electrons. The fraction of sp³-hybridized carbons (Fsp3) is 0.273. The van der Waals surface area contributed by atoms with E-state index in [0.717, 1.165) is 10.0 Å². The number of benzene rings is 2. The van der Waals surface area contributed by atoms with Crippen LogP contribution < -0.4 is 11.3 Å². The number of H-pyrrole nitrogens is 1. The number of hydrogen-bond donors (Lipinski definition) is 2. The summed E-state index contributed by atoms with van der Waals surface area (Å²) >= 11 is 8.78. The molecular weight excluding hydrogens is 480 g/mol. The number of nitrogens with one attached hydrogen (secondary N) is 1. The highest BCUT2D eigenvalue weighted by Crippen LogP contribution is 2.19. The number of aromatic amines is 1. The summed E-state index contributed by atoms with van der Waals surface area (Å²) in [6.07, 6.45) is 1.19. The molecule has 2 amide bonds. The third-order valence-electron chi connectivity index (χ3n) is 5.67. The van der Waals surface area contributed by atoms with Gasteiger partial charge in [0.2, 0.25) is 5.91 Å². The molecule has 4 rings (SSSR count). The van der Waals surface area contributed by atoms with Crippen molar-refractivity contribution in [2.24, 2.45) is 11.7 Å². The maximum Gasteiger partial charge on any atom is 0.262 e. The quantitative estimate of drug-likeness (QED) is 0.537. The Balaban J connectivity index is 1.52. The van der Waals surface area contributed by atoms with Gasteiger partial charge in [-0.15, -0.1) is 0 Å². The monoisotopic (exact) mass is 500 g/mol. The maximum absolute atomic E-state index is 12.9. The highest BCUT2D eigenvalue weighted by Gasteiger charge is 2.26. The van der Waals surface area contributed by atoms with Crippen LogP contribution in [0.3, 0.4) is 0 Å². The van der Waals surface area contributed by atoms with Gasteiger partial charge in [0.25, 0.3) is 11.5 Å². The van der Waals surface area contributed by atoms with E-state index in [4.69, 9.17) is 18.0 Å². The molecule has 2 aromatic carbocycles. The lowest BCUT2D eigenvalue weighted by atomic mass is 9.96. The first-order chi connectivity index (χ1) is 14.8. The molecule has 1 aliphatic heterocycles. The van der Waals surface area contributed by atoms with Crippen LogP contribution in [-0.4, -0.2) is 39.4 Å². The summed E-state index contributed by atoms with van der Waals surface area (Å²) in [7, 11) is 0. The molecule has 1 aliphatic rings. The van der Waals surface area contributed by atoms with Crippen LogP contribution in [0.5, 0.6) is 0 Å². The summed E-state index contributed by atoms with van der Waals surface area (Å²) in [6.45, 7) is 1.34. The van der Waals surface area contributed by atoms with Crippen LogP contribution in [0.4, 0.5) is 0 Å². The van der Waals surface area contributed by atoms with Crippen molar-refractivity contribution in [3.63, 3.8) is 0 Å². The van der Waals surface area contributed by atoms with Crippen LogP contribution in [0.15, 0.2) is 51.7 Å². The van der Waals surface area contributed by atoms with Crippen molar-refractivity contribution < 1.29 is 9.59 Å². The van der Waals surface area contributed by atoms with Crippen LogP contribution in [0.2, 0.25) is 0 Å². The topological polar surface area (TPSA) is 101 Å². The number of nitrogens with zero attached hydrogens (tertiary/aromatic N) is 2. The third kappa shape index (κ3) is 4.47. The SMILES string of the molecule is NC(=O)C1CCN(C(=O)c2ccc(Cn3c(=S)[nH]c4ccc(Br)cc4c3=O)cc2)CC1. The Bertz CT molecular complexity index is 1270. The first-order valence-corrected chi connectivity index (χ1v) is 11.1. The molecule has 9 heteroatoms. The smallest absolute Gasteiger partial charge is 0.262 e. The van der Waals surface area contributed by atoms with Gasteiger partial charge in [0.15, 0.2) is 4.77 Å². The zero-order valence-corrected chi connectivity index (χ0v) is 19.0. The van der Waals surface area contributed by atoms with E-state index in [2.05, 4.69) is 20.9 Å². The Morgan fingerprint density at radius 3 is 2.45 bits per heavy atom. The standard InChI is InChI=1S/C22H21BrN4O3S/c23-16-5-6-18-17(11-16)21(30)27(22(31)25-18)12-13-1-3-15(4-2-13)20(29)26-9-7-14(8-10-26)19(24)28/h1-6,11,14H,7-10,12H2,(H2,24,28)(H,25,31). The average molecular weight is 501 g/mol. The largest absolute Gasteiger partial charge is 0.369 e. The summed E-state index contributed by atoms with van der Waals surface area (Å²) in [5, 5.41) is 0.550. The number of carbonyl (C=O) groups excluding carboxylic acids is 2. The molecule has 2 heterocycles. The van der Waals surface area contributed by atoms with E-state index in [-0.39, 0.29) is 23.3 Å². The molecule has 0 bridgehead atoms. The highest BCUT2D eigenvalue weighted by molar-refractivity contribution is 9.10. The number of amides is 2. The second kappa shape index (κ2) is 8.76. The molecule has 0 atom stereocenters. The molecule has 1 saturated heterocycles. The van der Waals surface area contributed by atoms with E-state index in [9.17, 15) is 14.4 Å². The van der Waals surface area contributed by atoms with Gasteiger partial charge in [-0.2, -0.15) is 0 Å². The maximum atomic E-state index is 12.9. The second-order valence-electron chi connectivity index (χ2n) is 7.68. The van der Waals surface area contributed by atoms with Crippen molar-refractivity contribution in [3.05, 3.63) is 73.2 Å². The van der Waals surface area contributed by atoms with E-state index < -0.39 is 0 Å². The van der Waals surface area contributed by atoms with Gasteiger partial charge in [-0.05, 0) is 61.0 Å². The zero-order valence-electron chi connectivity index (χ0n) is 16.6. The number of hydrogen-bond acceptors (Lipinski definition) is 4. The molecule has 0 saturated carbocycles. The van der Waals surface area contributed by atoms with Gasteiger partial charge in [0, 0.05) is 29.0 Å². The number of aromatic nitrogens is 2. The molecule has 1 aromatic heterocycles. The van der Waals surface area contributed by atoms with E-state index in [1.54, 1.807) is 23.1 Å². The van der Waals surface area contributed by atoms with E-state index >= 15 is 0 Å². The Morgan fingerprint density at radius 1 is 1.13 bits per heavy atom. The minimum absolute atomic E-state index is 0.0699. The average Bonchev–Trinajstić information content (AvgIpc) is 2.77. The number of halogens is 1. The van der Waals surface area contributed by atoms with Gasteiger partial charge < -0.3 is 15.6 Å². The van der Waals surface area contributed by atoms with Gasteiger partial charge in [-0.25, -0.2) is 0 Å². The number of fused-ring (bicyclic) bond motifs is 1. The van der Waals surface area contributed by atoms with Gasteiger partial charge in [0.1, 0.15) is 0 Å². The van der Waals surface area contributed by atoms with Gasteiger partial charge in [-0.1, -0.05) is 28.1 Å². The number of nitrogens with two attached hydrogens (primary N) is 1. The third-order valence-corrected chi connectivity index (χ3v) is 6.49. The minimum atomic E-state index is -0.300. The predicted molar refractivity (Wildman–Crippen MR) is 124 cm³/mol. The van der Waals surface area contributed by atoms with Gasteiger partial charge in [0.05, 0.1) is 17.4 Å². The van der Waals surface area contributed by atoms with E-state index in [0.29, 0.717) is 53.7 Å².